The Labute approximate surface area is 121 Å². The molecule has 0 bridgehead atoms. The van der Waals surface area contributed by atoms with E-state index in [0.717, 1.165) is 25.7 Å². The SMILES string of the molecule is O=C(O)C1CC2CCCCC2N1C(=O)c1ccc(Cl)o1. The van der Waals surface area contributed by atoms with Crippen molar-refractivity contribution >= 4 is 23.5 Å². The highest BCUT2D eigenvalue weighted by Crippen LogP contribution is 2.40. The molecule has 3 rings (SSSR count). The lowest BCUT2D eigenvalue weighted by Gasteiger charge is -2.32. The molecule has 1 aromatic heterocycles. The number of halogens is 1. The predicted octanol–water partition coefficient (Wildman–Crippen LogP) is 2.79. The van der Waals surface area contributed by atoms with Crippen LogP contribution in [0.15, 0.2) is 16.5 Å². The molecule has 1 amide bonds. The van der Waals surface area contributed by atoms with E-state index in [-0.39, 0.29) is 22.9 Å². The fraction of sp³-hybridized carbons (Fsp3) is 0.571. The normalized spacial score (nSPS) is 29.2. The van der Waals surface area contributed by atoms with Crippen LogP contribution >= 0.6 is 11.6 Å². The van der Waals surface area contributed by atoms with Gasteiger partial charge in [0.15, 0.2) is 11.0 Å². The van der Waals surface area contributed by atoms with Gasteiger partial charge in [0, 0.05) is 6.04 Å². The molecule has 1 N–H and O–H groups in total. The van der Waals surface area contributed by atoms with E-state index in [1.54, 1.807) is 0 Å². The van der Waals surface area contributed by atoms with Gasteiger partial charge in [0.25, 0.3) is 5.91 Å². The third kappa shape index (κ3) is 2.20. The van der Waals surface area contributed by atoms with Gasteiger partial charge in [0.2, 0.25) is 0 Å². The number of carboxylic acid groups (broad SMARTS) is 1. The van der Waals surface area contributed by atoms with Crippen LogP contribution < -0.4 is 0 Å². The lowest BCUT2D eigenvalue weighted by molar-refractivity contribution is -0.141. The molecule has 0 aromatic carbocycles. The maximum Gasteiger partial charge on any atom is 0.326 e. The number of aliphatic carboxylic acids is 1. The zero-order valence-corrected chi connectivity index (χ0v) is 11.7. The molecule has 0 radical (unpaired) electrons. The van der Waals surface area contributed by atoms with Gasteiger partial charge in [-0.15, -0.1) is 0 Å². The molecule has 1 saturated heterocycles. The second-order valence-corrected chi connectivity index (χ2v) is 5.89. The minimum atomic E-state index is -0.939. The maximum absolute atomic E-state index is 12.5. The summed E-state index contributed by atoms with van der Waals surface area (Å²) in [7, 11) is 0. The van der Waals surface area contributed by atoms with E-state index in [2.05, 4.69) is 0 Å². The Hall–Kier alpha value is -1.49. The summed E-state index contributed by atoms with van der Waals surface area (Å²) in [4.78, 5) is 25.5. The van der Waals surface area contributed by atoms with Gasteiger partial charge in [-0.05, 0) is 48.9 Å². The molecule has 5 nitrogen and oxygen atoms in total. The van der Waals surface area contributed by atoms with Crippen LogP contribution in [0.1, 0.15) is 42.7 Å². The van der Waals surface area contributed by atoms with Gasteiger partial charge in [-0.2, -0.15) is 0 Å². The van der Waals surface area contributed by atoms with Gasteiger partial charge >= 0.3 is 5.97 Å². The van der Waals surface area contributed by atoms with Crippen LogP contribution in [0.4, 0.5) is 0 Å². The van der Waals surface area contributed by atoms with Crippen LogP contribution in [0, 0.1) is 5.92 Å². The number of fused-ring (bicyclic) bond motifs is 1. The standard InChI is InChI=1S/C14H16ClNO4/c15-12-6-5-11(20-12)13(17)16-9-4-2-1-3-8(9)7-10(16)14(18)19/h5-6,8-10H,1-4,7H2,(H,18,19). The topological polar surface area (TPSA) is 70.8 Å². The Morgan fingerprint density at radius 3 is 2.70 bits per heavy atom. The summed E-state index contributed by atoms with van der Waals surface area (Å²) >= 11 is 5.69. The second kappa shape index (κ2) is 5.13. The molecule has 108 valence electrons. The molecule has 20 heavy (non-hydrogen) atoms. The minimum Gasteiger partial charge on any atom is -0.480 e. The van der Waals surface area contributed by atoms with Crippen molar-refractivity contribution in [3.05, 3.63) is 23.1 Å². The van der Waals surface area contributed by atoms with Crippen LogP contribution in [0.2, 0.25) is 5.22 Å². The molecule has 3 unspecified atom stereocenters. The summed E-state index contributed by atoms with van der Waals surface area (Å²) in [5.74, 6) is -0.893. The van der Waals surface area contributed by atoms with Crippen molar-refractivity contribution in [1.29, 1.82) is 0 Å². The molecule has 1 saturated carbocycles. The fourth-order valence-corrected chi connectivity index (χ4v) is 3.68. The average Bonchev–Trinajstić information content (AvgIpc) is 3.01. The minimum absolute atomic E-state index is 0.0150. The molecule has 1 aliphatic carbocycles. The number of furan rings is 1. The van der Waals surface area contributed by atoms with E-state index in [0.29, 0.717) is 12.3 Å². The van der Waals surface area contributed by atoms with Crippen LogP contribution in [0.3, 0.4) is 0 Å². The molecule has 3 atom stereocenters. The number of hydrogen-bond acceptors (Lipinski definition) is 3. The number of carbonyl (C=O) groups excluding carboxylic acids is 1. The molecule has 6 heteroatoms. The third-order valence-corrected chi connectivity index (χ3v) is 4.59. The first kappa shape index (κ1) is 13.5. The highest BCUT2D eigenvalue weighted by molar-refractivity contribution is 6.29. The maximum atomic E-state index is 12.5. The van der Waals surface area contributed by atoms with E-state index < -0.39 is 12.0 Å². The van der Waals surface area contributed by atoms with Crippen LogP contribution in [0.5, 0.6) is 0 Å². The molecule has 1 aromatic rings. The zero-order chi connectivity index (χ0) is 14.3. The molecule has 2 aliphatic rings. The Morgan fingerprint density at radius 1 is 1.30 bits per heavy atom. The number of hydrogen-bond donors (Lipinski definition) is 1. The Morgan fingerprint density at radius 2 is 2.05 bits per heavy atom. The van der Waals surface area contributed by atoms with E-state index >= 15 is 0 Å². The van der Waals surface area contributed by atoms with E-state index in [9.17, 15) is 14.7 Å². The summed E-state index contributed by atoms with van der Waals surface area (Å²) in [5.41, 5.74) is 0. The predicted molar refractivity (Wildman–Crippen MR) is 71.7 cm³/mol. The van der Waals surface area contributed by atoms with Gasteiger partial charge in [-0.25, -0.2) is 4.79 Å². The van der Waals surface area contributed by atoms with Crippen LogP contribution in [0.25, 0.3) is 0 Å². The number of amides is 1. The fourth-order valence-electron chi connectivity index (χ4n) is 3.53. The number of carboxylic acids is 1. The largest absolute Gasteiger partial charge is 0.480 e. The van der Waals surface area contributed by atoms with E-state index in [1.165, 1.54) is 17.0 Å². The number of nitrogens with zero attached hydrogens (tertiary/aromatic N) is 1. The summed E-state index contributed by atoms with van der Waals surface area (Å²) in [5, 5.41) is 9.52. The molecular weight excluding hydrogens is 282 g/mol. The van der Waals surface area contributed by atoms with Crippen LogP contribution in [-0.2, 0) is 4.79 Å². The van der Waals surface area contributed by atoms with Crippen molar-refractivity contribution in [2.75, 3.05) is 0 Å². The van der Waals surface area contributed by atoms with Crippen molar-refractivity contribution in [1.82, 2.24) is 4.90 Å². The van der Waals surface area contributed by atoms with Gasteiger partial charge in [-0.1, -0.05) is 12.8 Å². The summed E-state index contributed by atoms with van der Waals surface area (Å²) in [6, 6.07) is 2.26. The first-order chi connectivity index (χ1) is 9.58. The van der Waals surface area contributed by atoms with Crippen molar-refractivity contribution in [2.24, 2.45) is 5.92 Å². The smallest absolute Gasteiger partial charge is 0.326 e. The Kier molecular flexibility index (Phi) is 3.46. The third-order valence-electron chi connectivity index (χ3n) is 4.39. The monoisotopic (exact) mass is 297 g/mol. The molecular formula is C14H16ClNO4. The zero-order valence-electron chi connectivity index (χ0n) is 10.9. The first-order valence-electron chi connectivity index (χ1n) is 6.88. The van der Waals surface area contributed by atoms with Gasteiger partial charge in [0.1, 0.15) is 6.04 Å². The van der Waals surface area contributed by atoms with E-state index in [4.69, 9.17) is 16.0 Å². The molecule has 1 aliphatic heterocycles. The van der Waals surface area contributed by atoms with Crippen molar-refractivity contribution in [3.63, 3.8) is 0 Å². The summed E-state index contributed by atoms with van der Waals surface area (Å²) in [6.07, 6.45) is 4.56. The number of carbonyl (C=O) groups is 2. The van der Waals surface area contributed by atoms with Crippen molar-refractivity contribution in [2.45, 2.75) is 44.2 Å². The van der Waals surface area contributed by atoms with E-state index in [1.807, 2.05) is 0 Å². The number of likely N-dealkylation sites (tertiary alicyclic amines) is 1. The second-order valence-electron chi connectivity index (χ2n) is 5.52. The van der Waals surface area contributed by atoms with Gasteiger partial charge in [-0.3, -0.25) is 4.79 Å². The molecule has 2 heterocycles. The first-order valence-corrected chi connectivity index (χ1v) is 7.26. The lowest BCUT2D eigenvalue weighted by Crippen LogP contribution is -2.46. The lowest BCUT2D eigenvalue weighted by atomic mass is 9.84. The van der Waals surface area contributed by atoms with Crippen molar-refractivity contribution in [3.8, 4) is 0 Å². The average molecular weight is 298 g/mol. The molecule has 2 fully saturated rings. The Balaban J connectivity index is 1.90. The summed E-state index contributed by atoms with van der Waals surface area (Å²) < 4.78 is 5.15. The van der Waals surface area contributed by atoms with Crippen molar-refractivity contribution < 1.29 is 19.1 Å². The highest BCUT2D eigenvalue weighted by Gasteiger charge is 2.48. The van der Waals surface area contributed by atoms with Gasteiger partial charge < -0.3 is 14.4 Å². The van der Waals surface area contributed by atoms with Gasteiger partial charge in [0.05, 0.1) is 0 Å². The Bertz CT molecular complexity index is 541. The highest BCUT2D eigenvalue weighted by atomic mass is 35.5. The quantitative estimate of drug-likeness (QED) is 0.911. The summed E-state index contributed by atoms with van der Waals surface area (Å²) in [6.45, 7) is 0. The molecule has 0 spiro atoms. The number of rotatable bonds is 2. The van der Waals surface area contributed by atoms with Crippen LogP contribution in [-0.4, -0.2) is 34.0 Å².